The van der Waals surface area contributed by atoms with Crippen LogP contribution in [0.2, 0.25) is 0 Å². The predicted octanol–water partition coefficient (Wildman–Crippen LogP) is 5.42. The van der Waals surface area contributed by atoms with Crippen molar-refractivity contribution in [1.29, 1.82) is 0 Å². The van der Waals surface area contributed by atoms with Crippen molar-refractivity contribution < 1.29 is 9.18 Å². The molecule has 4 rings (SSSR count). The topological polar surface area (TPSA) is 45.2 Å². The zero-order valence-corrected chi connectivity index (χ0v) is 16.2. The van der Waals surface area contributed by atoms with Gasteiger partial charge in [0.2, 0.25) is 6.41 Å². The van der Waals surface area contributed by atoms with E-state index in [9.17, 15) is 9.18 Å². The van der Waals surface area contributed by atoms with E-state index in [1.807, 2.05) is 29.3 Å². The molecule has 0 radical (unpaired) electrons. The first-order valence-corrected chi connectivity index (χ1v) is 9.71. The van der Waals surface area contributed by atoms with Crippen LogP contribution in [0, 0.1) is 19.7 Å². The number of nitrogens with one attached hydrogen (secondary N) is 1. The Morgan fingerprint density at radius 3 is 2.82 bits per heavy atom. The van der Waals surface area contributed by atoms with Gasteiger partial charge in [0.15, 0.2) is 0 Å². The number of aryl methyl sites for hydroxylation is 1. The number of amides is 1. The van der Waals surface area contributed by atoms with Gasteiger partial charge in [0, 0.05) is 34.9 Å². The van der Waals surface area contributed by atoms with E-state index < -0.39 is 0 Å². The SMILES string of the molecule is Cc1c(F)cccc1Nc1ncc(C2CCCCN2C=O)c2c(C)cccc12. The van der Waals surface area contributed by atoms with Crippen molar-refractivity contribution in [3.63, 3.8) is 0 Å². The lowest BCUT2D eigenvalue weighted by Gasteiger charge is -2.34. The molecule has 1 saturated heterocycles. The number of halogens is 1. The summed E-state index contributed by atoms with van der Waals surface area (Å²) in [6.45, 7) is 4.62. The molecule has 1 aliphatic rings. The summed E-state index contributed by atoms with van der Waals surface area (Å²) in [5.41, 5.74) is 3.50. The number of carbonyl (C=O) groups excluding carboxylic acids is 1. The summed E-state index contributed by atoms with van der Waals surface area (Å²) in [5.74, 6) is 0.454. The van der Waals surface area contributed by atoms with Gasteiger partial charge in [0.25, 0.3) is 0 Å². The highest BCUT2D eigenvalue weighted by Crippen LogP contribution is 2.38. The van der Waals surface area contributed by atoms with E-state index in [0.29, 0.717) is 17.1 Å². The van der Waals surface area contributed by atoms with Crippen LogP contribution in [0.4, 0.5) is 15.9 Å². The first-order valence-electron chi connectivity index (χ1n) is 9.71. The highest BCUT2D eigenvalue weighted by molar-refractivity contribution is 5.97. The number of aromatic nitrogens is 1. The molecule has 1 atom stereocenters. The molecule has 0 saturated carbocycles. The fraction of sp³-hybridized carbons (Fsp3) is 0.304. The van der Waals surface area contributed by atoms with E-state index in [4.69, 9.17) is 0 Å². The number of anilines is 2. The van der Waals surface area contributed by atoms with Crippen molar-refractivity contribution in [2.24, 2.45) is 0 Å². The Morgan fingerprint density at radius 1 is 1.18 bits per heavy atom. The molecule has 1 N–H and O–H groups in total. The molecule has 28 heavy (non-hydrogen) atoms. The molecule has 0 bridgehead atoms. The molecule has 3 aromatic rings. The van der Waals surface area contributed by atoms with Crippen molar-refractivity contribution in [3.8, 4) is 0 Å². The molecule has 1 aliphatic heterocycles. The molecule has 1 fully saturated rings. The van der Waals surface area contributed by atoms with Crippen LogP contribution in [0.3, 0.4) is 0 Å². The van der Waals surface area contributed by atoms with E-state index >= 15 is 0 Å². The Kier molecular flexibility index (Phi) is 4.99. The molecule has 2 heterocycles. The number of rotatable bonds is 4. The smallest absolute Gasteiger partial charge is 0.210 e. The summed E-state index contributed by atoms with van der Waals surface area (Å²) in [7, 11) is 0. The van der Waals surface area contributed by atoms with Crippen LogP contribution in [0.5, 0.6) is 0 Å². The summed E-state index contributed by atoms with van der Waals surface area (Å²) in [6.07, 6.45) is 5.91. The molecule has 1 unspecified atom stereocenters. The van der Waals surface area contributed by atoms with Crippen molar-refractivity contribution in [2.75, 3.05) is 11.9 Å². The number of piperidine rings is 1. The monoisotopic (exact) mass is 377 g/mol. The average molecular weight is 377 g/mol. The maximum absolute atomic E-state index is 13.9. The first kappa shape index (κ1) is 18.4. The lowest BCUT2D eigenvalue weighted by Crippen LogP contribution is -2.32. The van der Waals surface area contributed by atoms with E-state index in [1.54, 1.807) is 13.0 Å². The second-order valence-corrected chi connectivity index (χ2v) is 7.45. The summed E-state index contributed by atoms with van der Waals surface area (Å²) < 4.78 is 13.9. The Labute approximate surface area is 164 Å². The number of hydrogen-bond donors (Lipinski definition) is 1. The highest BCUT2D eigenvalue weighted by Gasteiger charge is 2.26. The van der Waals surface area contributed by atoms with Crippen molar-refractivity contribution >= 4 is 28.7 Å². The Hall–Kier alpha value is -2.95. The van der Waals surface area contributed by atoms with Crippen molar-refractivity contribution in [2.45, 2.75) is 39.2 Å². The van der Waals surface area contributed by atoms with Gasteiger partial charge in [-0.1, -0.05) is 24.3 Å². The molecule has 4 nitrogen and oxygen atoms in total. The molecule has 144 valence electrons. The number of carbonyl (C=O) groups is 1. The molecule has 1 aromatic heterocycles. The maximum atomic E-state index is 13.9. The maximum Gasteiger partial charge on any atom is 0.210 e. The predicted molar refractivity (Wildman–Crippen MR) is 110 cm³/mol. The summed E-state index contributed by atoms with van der Waals surface area (Å²) in [6, 6.07) is 11.2. The van der Waals surface area contributed by atoms with Crippen LogP contribution in [0.25, 0.3) is 10.8 Å². The number of benzene rings is 2. The minimum Gasteiger partial charge on any atom is -0.339 e. The number of hydrogen-bond acceptors (Lipinski definition) is 3. The van der Waals surface area contributed by atoms with Crippen molar-refractivity contribution in [1.82, 2.24) is 9.88 Å². The average Bonchev–Trinajstić information content (AvgIpc) is 2.72. The zero-order chi connectivity index (χ0) is 19.7. The summed E-state index contributed by atoms with van der Waals surface area (Å²) >= 11 is 0. The number of fused-ring (bicyclic) bond motifs is 1. The lowest BCUT2D eigenvalue weighted by molar-refractivity contribution is -0.121. The van der Waals surface area contributed by atoms with Gasteiger partial charge in [-0.15, -0.1) is 0 Å². The second kappa shape index (κ2) is 7.58. The normalized spacial score (nSPS) is 17.0. The van der Waals surface area contributed by atoms with Crippen LogP contribution in [0.1, 0.15) is 42.0 Å². The number of nitrogens with zero attached hydrogens (tertiary/aromatic N) is 2. The molecule has 0 aliphatic carbocycles. The number of likely N-dealkylation sites (tertiary alicyclic amines) is 1. The van der Waals surface area contributed by atoms with Gasteiger partial charge in [-0.3, -0.25) is 4.79 Å². The van der Waals surface area contributed by atoms with E-state index in [0.717, 1.165) is 54.1 Å². The third-order valence-corrected chi connectivity index (χ3v) is 5.71. The standard InChI is InChI=1S/C23H24FN3O/c1-15-7-5-8-17-22(15)18(21-11-3-4-12-27(21)14-28)13-25-23(17)26-20-10-6-9-19(24)16(20)2/h5-10,13-14,21H,3-4,11-12H2,1-2H3,(H,25,26). The molecule has 5 heteroatoms. The van der Waals surface area contributed by atoms with Gasteiger partial charge in [-0.05, 0) is 56.2 Å². The Morgan fingerprint density at radius 2 is 2.00 bits per heavy atom. The second-order valence-electron chi connectivity index (χ2n) is 7.45. The molecular formula is C23H24FN3O. The van der Waals surface area contributed by atoms with Gasteiger partial charge in [0.1, 0.15) is 11.6 Å². The minimum absolute atomic E-state index is 0.0484. The van der Waals surface area contributed by atoms with Crippen LogP contribution in [-0.2, 0) is 4.79 Å². The fourth-order valence-electron chi connectivity index (χ4n) is 4.15. The Bertz CT molecular complexity index is 1030. The third kappa shape index (κ3) is 3.21. The highest BCUT2D eigenvalue weighted by atomic mass is 19.1. The molecular weight excluding hydrogens is 353 g/mol. The largest absolute Gasteiger partial charge is 0.339 e. The van der Waals surface area contributed by atoms with Crippen LogP contribution < -0.4 is 5.32 Å². The Balaban J connectivity index is 1.84. The van der Waals surface area contributed by atoms with Gasteiger partial charge >= 0.3 is 0 Å². The van der Waals surface area contributed by atoms with Crippen molar-refractivity contribution in [3.05, 3.63) is 65.1 Å². The summed E-state index contributed by atoms with van der Waals surface area (Å²) in [4.78, 5) is 18.2. The van der Waals surface area contributed by atoms with Crippen LogP contribution in [-0.4, -0.2) is 22.8 Å². The van der Waals surface area contributed by atoms with E-state index in [-0.39, 0.29) is 11.9 Å². The quantitative estimate of drug-likeness (QED) is 0.618. The van der Waals surface area contributed by atoms with E-state index in [1.165, 1.54) is 6.07 Å². The number of pyridine rings is 1. The van der Waals surface area contributed by atoms with Crippen LogP contribution >= 0.6 is 0 Å². The van der Waals surface area contributed by atoms with E-state index in [2.05, 4.69) is 23.3 Å². The molecule has 0 spiro atoms. The molecule has 1 amide bonds. The zero-order valence-electron chi connectivity index (χ0n) is 16.2. The van der Waals surface area contributed by atoms with Crippen LogP contribution in [0.15, 0.2) is 42.6 Å². The van der Waals surface area contributed by atoms with Gasteiger partial charge < -0.3 is 10.2 Å². The van der Waals surface area contributed by atoms with Gasteiger partial charge in [-0.2, -0.15) is 0 Å². The summed E-state index contributed by atoms with van der Waals surface area (Å²) in [5, 5.41) is 5.41. The first-order chi connectivity index (χ1) is 13.6. The van der Waals surface area contributed by atoms with Gasteiger partial charge in [-0.25, -0.2) is 9.37 Å². The fourth-order valence-corrected chi connectivity index (χ4v) is 4.15. The minimum atomic E-state index is -0.245. The lowest BCUT2D eigenvalue weighted by atomic mass is 9.91. The van der Waals surface area contributed by atoms with Gasteiger partial charge in [0.05, 0.1) is 6.04 Å². The third-order valence-electron chi connectivity index (χ3n) is 5.71. The molecule has 2 aromatic carbocycles.